The summed E-state index contributed by atoms with van der Waals surface area (Å²) in [6.07, 6.45) is -1.25. The van der Waals surface area contributed by atoms with E-state index in [9.17, 15) is 26.3 Å². The van der Waals surface area contributed by atoms with Crippen molar-refractivity contribution in [1.82, 2.24) is 0 Å². The van der Waals surface area contributed by atoms with Gasteiger partial charge in [0.1, 0.15) is 11.6 Å². The van der Waals surface area contributed by atoms with E-state index in [0.717, 1.165) is 31.4 Å². The third kappa shape index (κ3) is 4.65. The van der Waals surface area contributed by atoms with Crippen LogP contribution in [0.2, 0.25) is 0 Å². The van der Waals surface area contributed by atoms with Crippen molar-refractivity contribution < 1.29 is 35.8 Å². The number of rotatable bonds is 7. The Morgan fingerprint density at radius 1 is 0.848 bits per heavy atom. The zero-order valence-corrected chi connectivity index (χ0v) is 17.6. The second-order valence-corrected chi connectivity index (χ2v) is 7.95. The van der Waals surface area contributed by atoms with Crippen LogP contribution < -0.4 is 9.47 Å². The highest BCUT2D eigenvalue weighted by molar-refractivity contribution is 5.66. The molecule has 8 heteroatoms. The van der Waals surface area contributed by atoms with Gasteiger partial charge in [-0.25, -0.2) is 17.6 Å². The smallest absolute Gasteiger partial charge is 0.429 e. The molecule has 1 aliphatic carbocycles. The number of benzene rings is 3. The molecule has 174 valence electrons. The highest BCUT2D eigenvalue weighted by Crippen LogP contribution is 2.38. The molecule has 3 aromatic rings. The van der Waals surface area contributed by atoms with Crippen LogP contribution in [-0.2, 0) is 19.0 Å². The Hall–Kier alpha value is -3.16. The van der Waals surface area contributed by atoms with Gasteiger partial charge in [0.05, 0.1) is 5.56 Å². The van der Waals surface area contributed by atoms with Crippen molar-refractivity contribution in [2.24, 2.45) is 5.92 Å². The van der Waals surface area contributed by atoms with E-state index in [-0.39, 0.29) is 0 Å². The predicted molar refractivity (Wildman–Crippen MR) is 111 cm³/mol. The molecule has 1 atom stereocenters. The van der Waals surface area contributed by atoms with Crippen LogP contribution >= 0.6 is 0 Å². The number of hydrogen-bond acceptors (Lipinski definition) is 2. The second-order valence-electron chi connectivity index (χ2n) is 7.95. The molecule has 1 unspecified atom stereocenters. The molecule has 2 nitrogen and oxygen atoms in total. The van der Waals surface area contributed by atoms with Crippen LogP contribution in [0.3, 0.4) is 0 Å². The van der Waals surface area contributed by atoms with Crippen molar-refractivity contribution >= 4 is 0 Å². The molecular weight excluding hydrogens is 446 g/mol. The lowest BCUT2D eigenvalue weighted by Gasteiger charge is -2.20. The number of ether oxygens (including phenoxy) is 2. The van der Waals surface area contributed by atoms with Gasteiger partial charge in [0, 0.05) is 12.1 Å². The van der Waals surface area contributed by atoms with Crippen LogP contribution in [-0.4, -0.2) is 6.86 Å². The zero-order chi connectivity index (χ0) is 23.8. The minimum Gasteiger partial charge on any atom is -0.457 e. The van der Waals surface area contributed by atoms with Crippen LogP contribution in [0.25, 0.3) is 11.1 Å². The van der Waals surface area contributed by atoms with E-state index in [1.165, 1.54) is 17.2 Å². The van der Waals surface area contributed by atoms with Crippen LogP contribution in [0.1, 0.15) is 30.0 Å². The van der Waals surface area contributed by atoms with Gasteiger partial charge < -0.3 is 9.47 Å². The molecule has 0 amide bonds. The summed E-state index contributed by atoms with van der Waals surface area (Å²) in [5.41, 5.74) is 2.43. The molecule has 0 spiro atoms. The van der Waals surface area contributed by atoms with Crippen LogP contribution in [0, 0.1) is 23.4 Å². The molecular formula is C25H20F6O2. The highest BCUT2D eigenvalue weighted by atomic mass is 19.3. The lowest BCUT2D eigenvalue weighted by atomic mass is 9.99. The maximum Gasteiger partial charge on any atom is 0.429 e. The Kier molecular flexibility index (Phi) is 6.28. The fourth-order valence-electron chi connectivity index (χ4n) is 4.10. The van der Waals surface area contributed by atoms with Gasteiger partial charge in [0.15, 0.2) is 17.4 Å². The highest BCUT2D eigenvalue weighted by Gasteiger charge is 2.38. The molecule has 0 aliphatic heterocycles. The summed E-state index contributed by atoms with van der Waals surface area (Å²) >= 11 is 0. The van der Waals surface area contributed by atoms with E-state index >= 15 is 0 Å². The maximum atomic E-state index is 14.7. The van der Waals surface area contributed by atoms with Crippen LogP contribution in [0.4, 0.5) is 26.3 Å². The standard InChI is InChI=1S/C25H20F6O2/c1-2-14-7-15-3-4-16(9-18(15)8-14)17-5-6-20(21(27)10-17)25(30,31)33-19-11-22(28)24(32-13-26)23(29)12-19/h3-6,9-12,14H,2,7-8,13H2,1H3. The Bertz CT molecular complexity index is 1150. The van der Waals surface area contributed by atoms with E-state index in [1.807, 2.05) is 18.2 Å². The lowest BCUT2D eigenvalue weighted by Crippen LogP contribution is -2.23. The molecule has 33 heavy (non-hydrogen) atoms. The Labute approximate surface area is 186 Å². The average molecular weight is 466 g/mol. The summed E-state index contributed by atoms with van der Waals surface area (Å²) in [4.78, 5) is 0. The second kappa shape index (κ2) is 9.00. The molecule has 0 bridgehead atoms. The van der Waals surface area contributed by atoms with Gasteiger partial charge >= 0.3 is 6.11 Å². The topological polar surface area (TPSA) is 18.5 Å². The van der Waals surface area contributed by atoms with Crippen molar-refractivity contribution in [2.45, 2.75) is 32.3 Å². The maximum absolute atomic E-state index is 14.7. The molecule has 0 fully saturated rings. The van der Waals surface area contributed by atoms with E-state index in [0.29, 0.717) is 29.2 Å². The van der Waals surface area contributed by atoms with Gasteiger partial charge in [-0.15, -0.1) is 0 Å². The zero-order valence-electron chi connectivity index (χ0n) is 17.6. The minimum absolute atomic E-state index is 0.405. The monoisotopic (exact) mass is 466 g/mol. The van der Waals surface area contributed by atoms with Crippen molar-refractivity contribution in [3.63, 3.8) is 0 Å². The first kappa shape index (κ1) is 23.0. The van der Waals surface area contributed by atoms with Gasteiger partial charge in [-0.3, -0.25) is 0 Å². The Morgan fingerprint density at radius 2 is 1.48 bits per heavy atom. The number of alkyl halides is 3. The number of halogens is 6. The fraction of sp³-hybridized carbons (Fsp3) is 0.280. The first-order chi connectivity index (χ1) is 15.7. The van der Waals surface area contributed by atoms with Gasteiger partial charge in [-0.1, -0.05) is 37.6 Å². The van der Waals surface area contributed by atoms with Crippen molar-refractivity contribution in [2.75, 3.05) is 6.86 Å². The molecule has 0 N–H and O–H groups in total. The van der Waals surface area contributed by atoms with Crippen molar-refractivity contribution in [1.29, 1.82) is 0 Å². The molecule has 0 saturated heterocycles. The van der Waals surface area contributed by atoms with Crippen molar-refractivity contribution in [3.05, 3.63) is 82.7 Å². The Balaban J connectivity index is 1.58. The quantitative estimate of drug-likeness (QED) is 0.340. The van der Waals surface area contributed by atoms with Crippen LogP contribution in [0.5, 0.6) is 11.5 Å². The van der Waals surface area contributed by atoms with E-state index in [2.05, 4.69) is 16.4 Å². The first-order valence-corrected chi connectivity index (χ1v) is 10.4. The van der Waals surface area contributed by atoms with Gasteiger partial charge in [-0.05, 0) is 53.1 Å². The lowest BCUT2D eigenvalue weighted by molar-refractivity contribution is -0.187. The molecule has 0 heterocycles. The normalized spacial score (nSPS) is 15.4. The molecule has 4 rings (SSSR count). The van der Waals surface area contributed by atoms with Gasteiger partial charge in [0.25, 0.3) is 0 Å². The summed E-state index contributed by atoms with van der Waals surface area (Å²) in [5.74, 6) is -5.51. The van der Waals surface area contributed by atoms with Crippen LogP contribution in [0.15, 0.2) is 48.5 Å². The van der Waals surface area contributed by atoms with Crippen molar-refractivity contribution in [3.8, 4) is 22.6 Å². The molecule has 0 saturated carbocycles. The SMILES string of the molecule is CCC1Cc2ccc(-c3ccc(C(F)(F)Oc4cc(F)c(OCF)c(F)c4)c(F)c3)cc2C1. The summed E-state index contributed by atoms with van der Waals surface area (Å²) in [6, 6.07) is 9.74. The Morgan fingerprint density at radius 3 is 2.12 bits per heavy atom. The summed E-state index contributed by atoms with van der Waals surface area (Å²) in [7, 11) is 0. The summed E-state index contributed by atoms with van der Waals surface area (Å²) in [6.45, 7) is 0.619. The van der Waals surface area contributed by atoms with E-state index < -0.39 is 47.5 Å². The molecule has 0 radical (unpaired) electrons. The van der Waals surface area contributed by atoms with Gasteiger partial charge in [-0.2, -0.15) is 8.78 Å². The van der Waals surface area contributed by atoms with E-state index in [4.69, 9.17) is 0 Å². The first-order valence-electron chi connectivity index (χ1n) is 10.4. The fourth-order valence-corrected chi connectivity index (χ4v) is 4.10. The third-order valence-corrected chi connectivity index (χ3v) is 5.83. The largest absolute Gasteiger partial charge is 0.457 e. The average Bonchev–Trinajstić information content (AvgIpc) is 3.18. The summed E-state index contributed by atoms with van der Waals surface area (Å²) < 4.78 is 92.2. The third-order valence-electron chi connectivity index (χ3n) is 5.83. The number of fused-ring (bicyclic) bond motifs is 1. The minimum atomic E-state index is -4.23. The number of hydrogen-bond donors (Lipinski definition) is 0. The van der Waals surface area contributed by atoms with E-state index in [1.54, 1.807) is 0 Å². The van der Waals surface area contributed by atoms with Gasteiger partial charge in [0.2, 0.25) is 6.86 Å². The predicted octanol–water partition coefficient (Wildman–Crippen LogP) is 7.33. The summed E-state index contributed by atoms with van der Waals surface area (Å²) in [5, 5.41) is 0. The molecule has 1 aliphatic rings. The molecule has 0 aromatic heterocycles. The molecule has 3 aromatic carbocycles.